The molecule has 0 radical (unpaired) electrons. The Balaban J connectivity index is 2.04. The molecule has 1 aromatic rings. The van der Waals surface area contributed by atoms with Gasteiger partial charge in [-0.15, -0.1) is 0 Å². The zero-order valence-electron chi connectivity index (χ0n) is 11.2. The van der Waals surface area contributed by atoms with E-state index in [1.54, 1.807) is 7.11 Å². The second-order valence-corrected chi connectivity index (χ2v) is 5.98. The fraction of sp³-hybridized carbons (Fsp3) is 0.571. The molecule has 1 unspecified atom stereocenters. The van der Waals surface area contributed by atoms with Crippen molar-refractivity contribution >= 4 is 21.6 Å². The molecule has 1 fully saturated rings. The molecule has 100 valence electrons. The van der Waals surface area contributed by atoms with Crippen LogP contribution in [0.25, 0.3) is 0 Å². The summed E-state index contributed by atoms with van der Waals surface area (Å²) >= 11 is 3.50. The van der Waals surface area contributed by atoms with E-state index in [9.17, 15) is 0 Å². The van der Waals surface area contributed by atoms with Crippen LogP contribution < -0.4 is 10.1 Å². The van der Waals surface area contributed by atoms with Crippen LogP contribution in [0.2, 0.25) is 0 Å². The number of likely N-dealkylation sites (tertiary alicyclic amines) is 1. The van der Waals surface area contributed by atoms with Gasteiger partial charge in [-0.05, 0) is 38.5 Å². The van der Waals surface area contributed by atoms with Crippen LogP contribution in [0.3, 0.4) is 0 Å². The topological polar surface area (TPSA) is 24.5 Å². The Morgan fingerprint density at radius 1 is 1.44 bits per heavy atom. The van der Waals surface area contributed by atoms with Crippen molar-refractivity contribution in [3.05, 3.63) is 22.7 Å². The van der Waals surface area contributed by atoms with E-state index in [-0.39, 0.29) is 0 Å². The summed E-state index contributed by atoms with van der Waals surface area (Å²) in [6.07, 6.45) is 1.19. The van der Waals surface area contributed by atoms with Gasteiger partial charge in [-0.3, -0.25) is 4.90 Å². The van der Waals surface area contributed by atoms with Crippen molar-refractivity contribution in [1.82, 2.24) is 4.90 Å². The zero-order chi connectivity index (χ0) is 13.1. The Morgan fingerprint density at radius 3 is 2.83 bits per heavy atom. The molecule has 0 saturated carbocycles. The minimum atomic E-state index is 0.510. The highest BCUT2D eigenvalue weighted by Crippen LogP contribution is 2.29. The summed E-state index contributed by atoms with van der Waals surface area (Å²) in [5.74, 6) is 0.904. The predicted octanol–water partition coefficient (Wildman–Crippen LogP) is 3.35. The number of anilines is 1. The fourth-order valence-corrected chi connectivity index (χ4v) is 2.75. The number of rotatable bonds is 4. The highest BCUT2D eigenvalue weighted by molar-refractivity contribution is 9.10. The van der Waals surface area contributed by atoms with E-state index in [1.165, 1.54) is 13.0 Å². The average Bonchev–Trinajstić information content (AvgIpc) is 2.78. The summed E-state index contributed by atoms with van der Waals surface area (Å²) in [6.45, 7) is 6.78. The second-order valence-electron chi connectivity index (χ2n) is 5.06. The summed E-state index contributed by atoms with van der Waals surface area (Å²) in [5.41, 5.74) is 1.07. The molecule has 3 nitrogen and oxygen atoms in total. The van der Waals surface area contributed by atoms with E-state index in [1.807, 2.05) is 12.1 Å². The Morgan fingerprint density at radius 2 is 2.22 bits per heavy atom. The molecule has 0 aromatic heterocycles. The van der Waals surface area contributed by atoms with Gasteiger partial charge in [-0.25, -0.2) is 0 Å². The monoisotopic (exact) mass is 312 g/mol. The van der Waals surface area contributed by atoms with Gasteiger partial charge in [-0.1, -0.05) is 15.9 Å². The van der Waals surface area contributed by atoms with Crippen LogP contribution in [-0.4, -0.2) is 37.2 Å². The minimum Gasteiger partial charge on any atom is -0.495 e. The molecule has 1 N–H and O–H groups in total. The zero-order valence-corrected chi connectivity index (χ0v) is 12.8. The quantitative estimate of drug-likeness (QED) is 0.922. The number of hydrogen-bond donors (Lipinski definition) is 1. The maximum atomic E-state index is 5.39. The van der Waals surface area contributed by atoms with Gasteiger partial charge in [0, 0.05) is 29.6 Å². The molecule has 1 aromatic carbocycles. The molecule has 0 aliphatic carbocycles. The molecule has 0 spiro atoms. The Kier molecular flexibility index (Phi) is 4.51. The molecule has 1 aliphatic heterocycles. The molecular weight excluding hydrogens is 292 g/mol. The summed E-state index contributed by atoms with van der Waals surface area (Å²) < 4.78 is 6.46. The van der Waals surface area contributed by atoms with E-state index < -0.39 is 0 Å². The van der Waals surface area contributed by atoms with Crippen LogP contribution in [0.4, 0.5) is 5.69 Å². The van der Waals surface area contributed by atoms with Crippen LogP contribution in [0.15, 0.2) is 22.7 Å². The first kappa shape index (κ1) is 13.7. The summed E-state index contributed by atoms with van der Waals surface area (Å²) in [5, 5.41) is 3.59. The fourth-order valence-electron chi connectivity index (χ4n) is 2.39. The number of ether oxygens (including phenoxy) is 1. The molecule has 1 atom stereocenters. The lowest BCUT2D eigenvalue weighted by atomic mass is 10.2. The third kappa shape index (κ3) is 3.18. The molecule has 1 heterocycles. The van der Waals surface area contributed by atoms with Crippen molar-refractivity contribution < 1.29 is 4.74 Å². The lowest BCUT2D eigenvalue weighted by Gasteiger charge is -2.21. The van der Waals surface area contributed by atoms with Gasteiger partial charge in [0.05, 0.1) is 12.8 Å². The van der Waals surface area contributed by atoms with Gasteiger partial charge in [0.15, 0.2) is 0 Å². The van der Waals surface area contributed by atoms with Crippen LogP contribution in [0.5, 0.6) is 5.75 Å². The lowest BCUT2D eigenvalue weighted by molar-refractivity contribution is 0.274. The highest BCUT2D eigenvalue weighted by atomic mass is 79.9. The summed E-state index contributed by atoms with van der Waals surface area (Å²) in [4.78, 5) is 2.50. The van der Waals surface area contributed by atoms with Crippen molar-refractivity contribution in [3.63, 3.8) is 0 Å². The van der Waals surface area contributed by atoms with Gasteiger partial charge in [0.2, 0.25) is 0 Å². The van der Waals surface area contributed by atoms with E-state index >= 15 is 0 Å². The van der Waals surface area contributed by atoms with E-state index in [4.69, 9.17) is 4.74 Å². The third-order valence-corrected chi connectivity index (χ3v) is 3.96. The lowest BCUT2D eigenvalue weighted by Crippen LogP contribution is -2.31. The van der Waals surface area contributed by atoms with Crippen molar-refractivity contribution in [2.24, 2.45) is 0 Å². The van der Waals surface area contributed by atoms with Crippen LogP contribution in [0, 0.1) is 0 Å². The van der Waals surface area contributed by atoms with Gasteiger partial charge >= 0.3 is 0 Å². The summed E-state index contributed by atoms with van der Waals surface area (Å²) in [7, 11) is 1.71. The molecule has 2 rings (SSSR count). The first-order valence-corrected chi connectivity index (χ1v) is 7.23. The van der Waals surface area contributed by atoms with E-state index in [0.29, 0.717) is 12.1 Å². The van der Waals surface area contributed by atoms with Crippen molar-refractivity contribution in [1.29, 1.82) is 0 Å². The van der Waals surface area contributed by atoms with Crippen LogP contribution in [-0.2, 0) is 0 Å². The predicted molar refractivity (Wildman–Crippen MR) is 79.4 cm³/mol. The molecule has 0 amide bonds. The smallest absolute Gasteiger partial charge is 0.142 e. The van der Waals surface area contributed by atoms with Crippen molar-refractivity contribution in [2.45, 2.75) is 32.4 Å². The number of benzene rings is 1. The first-order valence-electron chi connectivity index (χ1n) is 6.44. The number of hydrogen-bond acceptors (Lipinski definition) is 3. The number of methoxy groups -OCH3 is 1. The Hall–Kier alpha value is -0.740. The average molecular weight is 313 g/mol. The normalized spacial score (nSPS) is 20.4. The SMILES string of the molecule is COc1ccc(Br)cc1NC1CCN(C(C)C)C1. The number of nitrogens with zero attached hydrogens (tertiary/aromatic N) is 1. The molecule has 0 bridgehead atoms. The van der Waals surface area contributed by atoms with Gasteiger partial charge in [0.25, 0.3) is 0 Å². The minimum absolute atomic E-state index is 0.510. The van der Waals surface area contributed by atoms with Crippen molar-refractivity contribution in [2.75, 3.05) is 25.5 Å². The van der Waals surface area contributed by atoms with Gasteiger partial charge in [0.1, 0.15) is 5.75 Å². The van der Waals surface area contributed by atoms with Crippen LogP contribution >= 0.6 is 15.9 Å². The first-order chi connectivity index (χ1) is 8.60. The largest absolute Gasteiger partial charge is 0.495 e. The maximum absolute atomic E-state index is 5.39. The van der Waals surface area contributed by atoms with Gasteiger partial charge < -0.3 is 10.1 Å². The molecule has 1 saturated heterocycles. The Labute approximate surface area is 118 Å². The number of nitrogens with one attached hydrogen (secondary N) is 1. The molecular formula is C14H21BrN2O. The second kappa shape index (κ2) is 5.93. The third-order valence-electron chi connectivity index (χ3n) is 3.47. The summed E-state index contributed by atoms with van der Waals surface area (Å²) in [6, 6.07) is 7.20. The van der Waals surface area contributed by atoms with Crippen molar-refractivity contribution in [3.8, 4) is 5.75 Å². The molecule has 18 heavy (non-hydrogen) atoms. The molecule has 4 heteroatoms. The van der Waals surface area contributed by atoms with E-state index in [0.717, 1.165) is 22.5 Å². The van der Waals surface area contributed by atoms with Crippen LogP contribution in [0.1, 0.15) is 20.3 Å². The van der Waals surface area contributed by atoms with Gasteiger partial charge in [-0.2, -0.15) is 0 Å². The number of halogens is 1. The Bertz CT molecular complexity index is 409. The standard InChI is InChI=1S/C14H21BrN2O/c1-10(2)17-7-6-12(9-17)16-13-8-11(15)4-5-14(13)18-3/h4-5,8,10,12,16H,6-7,9H2,1-3H3. The maximum Gasteiger partial charge on any atom is 0.142 e. The highest BCUT2D eigenvalue weighted by Gasteiger charge is 2.24. The molecule has 1 aliphatic rings. The van der Waals surface area contributed by atoms with E-state index in [2.05, 4.69) is 46.1 Å².